The number of fused-ring (bicyclic) bond motifs is 1. The molecule has 0 atom stereocenters. The van der Waals surface area contributed by atoms with Gasteiger partial charge in [0.2, 0.25) is 20.2 Å². The number of nitrogens with zero attached hydrogens (tertiary/aromatic N) is 3. The molecule has 1 N–H and O–H groups in total. The second-order valence-corrected chi connectivity index (χ2v) is 9.79. The molecule has 2 aliphatic heterocycles. The number of amides is 1. The van der Waals surface area contributed by atoms with Crippen LogP contribution in [0.25, 0.3) is 17.4 Å². The third kappa shape index (κ3) is 3.51. The number of sulfone groups is 1. The van der Waals surface area contributed by atoms with Crippen LogP contribution in [0, 0.1) is 12.3 Å². The predicted octanol–water partition coefficient (Wildman–Crippen LogP) is 3.92. The number of nitrogens with one attached hydrogen (secondary N) is 1. The van der Waals surface area contributed by atoms with Gasteiger partial charge in [-0.05, 0) is 36.8 Å². The third-order valence-electron chi connectivity index (χ3n) is 4.52. The summed E-state index contributed by atoms with van der Waals surface area (Å²) in [7, 11) is -3.70. The number of amidine groups is 3. The number of carbonyl (C=O) groups is 1. The van der Waals surface area contributed by atoms with E-state index in [0.29, 0.717) is 16.5 Å². The van der Waals surface area contributed by atoms with Crippen molar-refractivity contribution >= 4 is 61.5 Å². The van der Waals surface area contributed by atoms with Crippen LogP contribution in [0.2, 0.25) is 5.02 Å². The Hall–Kier alpha value is -2.69. The molecule has 0 saturated carbocycles. The first kappa shape index (κ1) is 20.6. The highest BCUT2D eigenvalue weighted by molar-refractivity contribution is 8.16. The lowest BCUT2D eigenvalue weighted by Gasteiger charge is -2.24. The van der Waals surface area contributed by atoms with Gasteiger partial charge < -0.3 is 4.42 Å². The van der Waals surface area contributed by atoms with E-state index < -0.39 is 15.7 Å². The van der Waals surface area contributed by atoms with Crippen molar-refractivity contribution in [2.75, 3.05) is 5.75 Å². The molecular formula is C19H15ClN4O4S2. The molecule has 11 heteroatoms. The van der Waals surface area contributed by atoms with Crippen LogP contribution in [0.1, 0.15) is 18.2 Å². The minimum Gasteiger partial charge on any atom is -0.457 e. The van der Waals surface area contributed by atoms with Gasteiger partial charge in [0.05, 0.1) is 23.3 Å². The highest BCUT2D eigenvalue weighted by Gasteiger charge is 2.42. The van der Waals surface area contributed by atoms with Gasteiger partial charge in [0.25, 0.3) is 5.91 Å². The van der Waals surface area contributed by atoms with Gasteiger partial charge in [-0.15, -0.1) is 0 Å². The van der Waals surface area contributed by atoms with Crippen LogP contribution in [0.4, 0.5) is 0 Å². The monoisotopic (exact) mass is 462 g/mol. The Balaban J connectivity index is 1.69. The van der Waals surface area contributed by atoms with Crippen molar-refractivity contribution in [1.29, 1.82) is 5.41 Å². The molecule has 0 spiro atoms. The summed E-state index contributed by atoms with van der Waals surface area (Å²) in [6.45, 7) is 3.38. The average Bonchev–Trinajstić information content (AvgIpc) is 3.35. The molecule has 8 nitrogen and oxygen atoms in total. The Morgan fingerprint density at radius 2 is 2.07 bits per heavy atom. The minimum atomic E-state index is -3.70. The van der Waals surface area contributed by atoms with Gasteiger partial charge in [-0.2, -0.15) is 9.39 Å². The summed E-state index contributed by atoms with van der Waals surface area (Å²) in [5.74, 6) is -0.313. The van der Waals surface area contributed by atoms with Crippen molar-refractivity contribution in [2.24, 2.45) is 9.39 Å². The molecule has 3 heterocycles. The van der Waals surface area contributed by atoms with E-state index in [1.165, 1.54) is 13.0 Å². The lowest BCUT2D eigenvalue weighted by atomic mass is 10.1. The summed E-state index contributed by atoms with van der Waals surface area (Å²) in [6, 6.07) is 8.87. The molecule has 0 unspecified atom stereocenters. The number of carbonyl (C=O) groups excluding carboxylic acids is 1. The van der Waals surface area contributed by atoms with E-state index >= 15 is 0 Å². The number of halogens is 1. The van der Waals surface area contributed by atoms with Gasteiger partial charge in [0, 0.05) is 10.6 Å². The maximum atomic E-state index is 12.4. The first-order chi connectivity index (χ1) is 14.2. The molecule has 1 aromatic carbocycles. The molecule has 0 saturated heterocycles. The van der Waals surface area contributed by atoms with Gasteiger partial charge in [0.15, 0.2) is 0 Å². The number of benzene rings is 1. The predicted molar refractivity (Wildman–Crippen MR) is 118 cm³/mol. The minimum absolute atomic E-state index is 0.0450. The fraction of sp³-hybridized carbons (Fsp3) is 0.158. The van der Waals surface area contributed by atoms with Crippen molar-refractivity contribution in [3.05, 3.63) is 52.3 Å². The topological polar surface area (TPSA) is 116 Å². The van der Waals surface area contributed by atoms with E-state index in [0.717, 1.165) is 28.0 Å². The lowest BCUT2D eigenvalue weighted by molar-refractivity contribution is -0.114. The van der Waals surface area contributed by atoms with E-state index in [2.05, 4.69) is 9.39 Å². The fourth-order valence-electron chi connectivity index (χ4n) is 2.80. The number of rotatable bonds is 3. The van der Waals surface area contributed by atoms with Gasteiger partial charge in [-0.25, -0.2) is 13.3 Å². The fourth-order valence-corrected chi connectivity index (χ4v) is 4.95. The average molecular weight is 463 g/mol. The largest absolute Gasteiger partial charge is 0.457 e. The number of furan rings is 1. The highest BCUT2D eigenvalue weighted by Crippen LogP contribution is 2.31. The van der Waals surface area contributed by atoms with E-state index in [4.69, 9.17) is 21.4 Å². The Morgan fingerprint density at radius 1 is 1.30 bits per heavy atom. The zero-order valence-corrected chi connectivity index (χ0v) is 18.2. The van der Waals surface area contributed by atoms with Crippen molar-refractivity contribution in [2.45, 2.75) is 13.8 Å². The Bertz CT molecular complexity index is 1290. The van der Waals surface area contributed by atoms with Crippen LogP contribution in [0.15, 0.2) is 49.7 Å². The molecule has 1 aromatic heterocycles. The second kappa shape index (κ2) is 7.53. The van der Waals surface area contributed by atoms with Crippen molar-refractivity contribution in [3.8, 4) is 11.3 Å². The lowest BCUT2D eigenvalue weighted by Crippen LogP contribution is -2.45. The summed E-state index contributed by atoms with van der Waals surface area (Å²) in [6.07, 6.45) is 1.36. The SMILES string of the molecule is CCS(=O)(=O)C1=NSC2=NC(=O)/C(=C\c3ccc(-c4ccc(C)c(Cl)c4)o3)C(=N)N21. The molecule has 4 rings (SSSR count). The van der Waals surface area contributed by atoms with Crippen LogP contribution in [0.5, 0.6) is 0 Å². The Kier molecular flexibility index (Phi) is 5.16. The smallest absolute Gasteiger partial charge is 0.283 e. The number of aryl methyl sites for hydroxylation is 1. The molecule has 30 heavy (non-hydrogen) atoms. The van der Waals surface area contributed by atoms with Crippen LogP contribution in [-0.2, 0) is 14.6 Å². The molecule has 2 aliphatic rings. The summed E-state index contributed by atoms with van der Waals surface area (Å²) in [5, 5.41) is 8.75. The highest BCUT2D eigenvalue weighted by atomic mass is 35.5. The van der Waals surface area contributed by atoms with E-state index in [1.54, 1.807) is 18.2 Å². The molecule has 1 amide bonds. The number of hydrogen-bond acceptors (Lipinski definition) is 7. The standard InChI is InChI=1S/C19H15ClN4O4S2/c1-3-30(26,27)19-23-29-18-22-17(25)13(16(21)24(18)19)9-12-6-7-15(28-12)11-5-4-10(2)14(20)8-11/h4-9,21H,3H2,1-2H3/b13-9-,21-16?. The Labute approximate surface area is 181 Å². The van der Waals surface area contributed by atoms with Crippen molar-refractivity contribution < 1.29 is 17.6 Å². The summed E-state index contributed by atoms with van der Waals surface area (Å²) < 4.78 is 34.3. The van der Waals surface area contributed by atoms with Gasteiger partial charge >= 0.3 is 0 Å². The van der Waals surface area contributed by atoms with E-state index in [-0.39, 0.29) is 27.5 Å². The molecule has 0 aliphatic carbocycles. The van der Waals surface area contributed by atoms with Crippen LogP contribution >= 0.6 is 23.5 Å². The first-order valence-corrected chi connectivity index (χ1v) is 11.6. The maximum Gasteiger partial charge on any atom is 0.283 e. The zero-order chi connectivity index (χ0) is 21.6. The zero-order valence-electron chi connectivity index (χ0n) is 15.8. The maximum absolute atomic E-state index is 12.4. The van der Waals surface area contributed by atoms with E-state index in [1.807, 2.05) is 19.1 Å². The quantitative estimate of drug-likeness (QED) is 0.545. The van der Waals surface area contributed by atoms with Crippen LogP contribution in [0.3, 0.4) is 0 Å². The Morgan fingerprint density at radius 3 is 2.77 bits per heavy atom. The van der Waals surface area contributed by atoms with Crippen LogP contribution in [-0.4, -0.2) is 41.1 Å². The number of aliphatic imine (C=N–C) groups is 1. The van der Waals surface area contributed by atoms with Crippen molar-refractivity contribution in [1.82, 2.24) is 4.90 Å². The molecule has 2 aromatic rings. The normalized spacial score (nSPS) is 18.0. The first-order valence-electron chi connectivity index (χ1n) is 8.79. The molecule has 0 fully saturated rings. The van der Waals surface area contributed by atoms with Crippen molar-refractivity contribution in [3.63, 3.8) is 0 Å². The molecule has 154 valence electrons. The molecule has 0 bridgehead atoms. The van der Waals surface area contributed by atoms with Gasteiger partial charge in [0.1, 0.15) is 17.4 Å². The second-order valence-electron chi connectivity index (χ2n) is 6.48. The molecular weight excluding hydrogens is 448 g/mol. The van der Waals surface area contributed by atoms with Crippen LogP contribution < -0.4 is 0 Å². The number of hydrogen-bond donors (Lipinski definition) is 1. The van der Waals surface area contributed by atoms with E-state index in [9.17, 15) is 13.2 Å². The van der Waals surface area contributed by atoms with Gasteiger partial charge in [-0.3, -0.25) is 10.2 Å². The third-order valence-corrected chi connectivity index (χ3v) is 7.34. The van der Waals surface area contributed by atoms with Gasteiger partial charge in [-0.1, -0.05) is 30.7 Å². The summed E-state index contributed by atoms with van der Waals surface area (Å²) in [4.78, 5) is 17.4. The summed E-state index contributed by atoms with van der Waals surface area (Å²) >= 11 is 6.93. The molecule has 0 radical (unpaired) electrons. The summed E-state index contributed by atoms with van der Waals surface area (Å²) in [5.41, 5.74) is 1.61.